The molecule has 1 aromatic carbocycles. The maximum Gasteiger partial charge on any atom is 0.417 e. The fraction of sp³-hybridized carbons (Fsp3) is 0.364. The molecule has 0 spiro atoms. The molecule has 2 rings (SSSR count). The van der Waals surface area contributed by atoms with Crippen LogP contribution in [0.1, 0.15) is 18.4 Å². The minimum atomic E-state index is -4.42. The van der Waals surface area contributed by atoms with Gasteiger partial charge in [0.15, 0.2) is 0 Å². The van der Waals surface area contributed by atoms with E-state index in [1.807, 2.05) is 0 Å². The van der Waals surface area contributed by atoms with Crippen molar-refractivity contribution in [3.63, 3.8) is 0 Å². The molecular weight excluding hydrogens is 299 g/mol. The molecule has 0 aromatic heterocycles. The zero-order valence-corrected chi connectivity index (χ0v) is 10.3. The molecule has 1 aliphatic heterocycles. The number of amides is 1. The van der Waals surface area contributed by atoms with E-state index >= 15 is 0 Å². The van der Waals surface area contributed by atoms with Gasteiger partial charge in [-0.15, -0.1) is 0 Å². The second-order valence-corrected chi connectivity index (χ2v) is 4.67. The highest BCUT2D eigenvalue weighted by Crippen LogP contribution is 2.37. The number of carbonyl (C=O) groups is 1. The molecule has 1 amide bonds. The molecule has 2 nitrogen and oxygen atoms in total. The van der Waals surface area contributed by atoms with Crippen molar-refractivity contribution in [2.24, 2.45) is 0 Å². The Bertz CT molecular complexity index is 459. The van der Waals surface area contributed by atoms with Crippen LogP contribution in [0.4, 0.5) is 18.9 Å². The minimum absolute atomic E-state index is 0.0135. The quantitative estimate of drug-likeness (QED) is 0.776. The number of anilines is 1. The van der Waals surface area contributed by atoms with Crippen molar-refractivity contribution in [1.82, 2.24) is 0 Å². The van der Waals surface area contributed by atoms with E-state index in [0.717, 1.165) is 6.07 Å². The minimum Gasteiger partial charge on any atom is -0.312 e. The van der Waals surface area contributed by atoms with Crippen molar-refractivity contribution in [3.8, 4) is 0 Å². The van der Waals surface area contributed by atoms with Crippen molar-refractivity contribution in [2.75, 3.05) is 11.4 Å². The first-order valence-corrected chi connectivity index (χ1v) is 5.86. The molecular formula is C11H9BrF3NO. The highest BCUT2D eigenvalue weighted by Gasteiger charge is 2.34. The van der Waals surface area contributed by atoms with Crippen LogP contribution in [0.15, 0.2) is 22.7 Å². The second-order valence-electron chi connectivity index (χ2n) is 3.81. The van der Waals surface area contributed by atoms with Crippen molar-refractivity contribution in [3.05, 3.63) is 28.2 Å². The summed E-state index contributed by atoms with van der Waals surface area (Å²) in [6.07, 6.45) is -3.33. The summed E-state index contributed by atoms with van der Waals surface area (Å²) in [5, 5.41) is 0. The van der Waals surface area contributed by atoms with Crippen LogP contribution >= 0.6 is 15.9 Å². The maximum atomic E-state index is 12.7. The van der Waals surface area contributed by atoms with E-state index in [2.05, 4.69) is 15.9 Å². The Morgan fingerprint density at radius 1 is 1.29 bits per heavy atom. The van der Waals surface area contributed by atoms with Crippen LogP contribution in [0.2, 0.25) is 0 Å². The summed E-state index contributed by atoms with van der Waals surface area (Å²) in [5.74, 6) is -0.125. The molecule has 1 fully saturated rings. The first kappa shape index (κ1) is 12.4. The van der Waals surface area contributed by atoms with E-state index in [1.165, 1.54) is 17.0 Å². The van der Waals surface area contributed by atoms with Gasteiger partial charge in [0.25, 0.3) is 0 Å². The lowest BCUT2D eigenvalue weighted by Crippen LogP contribution is -2.24. The third-order valence-electron chi connectivity index (χ3n) is 2.64. The molecule has 0 aliphatic carbocycles. The monoisotopic (exact) mass is 307 g/mol. The predicted molar refractivity (Wildman–Crippen MR) is 60.7 cm³/mol. The fourth-order valence-corrected chi connectivity index (χ4v) is 2.29. The Morgan fingerprint density at radius 3 is 2.53 bits per heavy atom. The number of carbonyl (C=O) groups excluding carboxylic acids is 1. The molecule has 0 unspecified atom stereocenters. The topological polar surface area (TPSA) is 20.3 Å². The van der Waals surface area contributed by atoms with Crippen LogP contribution in [0.5, 0.6) is 0 Å². The van der Waals surface area contributed by atoms with Gasteiger partial charge in [0.05, 0.1) is 5.56 Å². The average Bonchev–Trinajstić information content (AvgIpc) is 2.63. The Balaban J connectivity index is 2.41. The largest absolute Gasteiger partial charge is 0.417 e. The number of alkyl halides is 3. The normalized spacial score (nSPS) is 16.7. The van der Waals surface area contributed by atoms with Gasteiger partial charge in [0.2, 0.25) is 5.91 Å². The van der Waals surface area contributed by atoms with Crippen LogP contribution in [0.3, 0.4) is 0 Å². The Hall–Kier alpha value is -1.04. The summed E-state index contributed by atoms with van der Waals surface area (Å²) >= 11 is 2.87. The smallest absolute Gasteiger partial charge is 0.312 e. The average molecular weight is 308 g/mol. The first-order valence-electron chi connectivity index (χ1n) is 5.07. The van der Waals surface area contributed by atoms with Gasteiger partial charge in [0, 0.05) is 23.1 Å². The van der Waals surface area contributed by atoms with Gasteiger partial charge in [-0.25, -0.2) is 0 Å². The lowest BCUT2D eigenvalue weighted by atomic mass is 10.2. The summed E-state index contributed by atoms with van der Waals surface area (Å²) in [5.41, 5.74) is -0.447. The van der Waals surface area contributed by atoms with Crippen LogP contribution in [0.25, 0.3) is 0 Å². The third kappa shape index (κ3) is 2.46. The van der Waals surface area contributed by atoms with Gasteiger partial charge in [0.1, 0.15) is 0 Å². The molecule has 1 saturated heterocycles. The van der Waals surface area contributed by atoms with E-state index < -0.39 is 11.7 Å². The van der Waals surface area contributed by atoms with E-state index in [9.17, 15) is 18.0 Å². The number of hydrogen-bond acceptors (Lipinski definition) is 1. The third-order valence-corrected chi connectivity index (χ3v) is 3.33. The van der Waals surface area contributed by atoms with Gasteiger partial charge in [-0.1, -0.05) is 15.9 Å². The molecule has 0 bridgehead atoms. The van der Waals surface area contributed by atoms with Gasteiger partial charge in [-0.2, -0.15) is 13.2 Å². The van der Waals surface area contributed by atoms with E-state index in [4.69, 9.17) is 0 Å². The molecule has 1 heterocycles. The molecule has 92 valence electrons. The Labute approximate surface area is 105 Å². The molecule has 0 N–H and O–H groups in total. The zero-order valence-electron chi connectivity index (χ0n) is 8.72. The summed E-state index contributed by atoms with van der Waals surface area (Å²) in [6, 6.07) is 3.85. The number of rotatable bonds is 1. The predicted octanol–water partition coefficient (Wildman–Crippen LogP) is 3.59. The van der Waals surface area contributed by atoms with Gasteiger partial charge in [-0.05, 0) is 24.6 Å². The lowest BCUT2D eigenvalue weighted by molar-refractivity contribution is -0.138. The van der Waals surface area contributed by atoms with Crippen LogP contribution in [0, 0.1) is 0 Å². The molecule has 0 radical (unpaired) electrons. The van der Waals surface area contributed by atoms with Crippen molar-refractivity contribution in [1.29, 1.82) is 0 Å². The maximum absolute atomic E-state index is 12.7. The van der Waals surface area contributed by atoms with E-state index in [1.54, 1.807) is 0 Å². The summed E-state index contributed by atoms with van der Waals surface area (Å²) in [6.45, 7) is 0.484. The van der Waals surface area contributed by atoms with Crippen molar-refractivity contribution in [2.45, 2.75) is 19.0 Å². The molecule has 0 atom stereocenters. The standard InChI is InChI=1S/C11H9BrF3NO/c12-9-4-3-7(6-8(9)11(13,14)15)16-5-1-2-10(16)17/h3-4,6H,1-2,5H2. The SMILES string of the molecule is O=C1CCCN1c1ccc(Br)c(C(F)(F)F)c1. The number of nitrogens with zero attached hydrogens (tertiary/aromatic N) is 1. The number of hydrogen-bond donors (Lipinski definition) is 0. The van der Waals surface area contributed by atoms with E-state index in [-0.39, 0.29) is 10.4 Å². The number of halogens is 4. The van der Waals surface area contributed by atoms with Crippen molar-refractivity contribution < 1.29 is 18.0 Å². The lowest BCUT2D eigenvalue weighted by Gasteiger charge is -2.18. The van der Waals surface area contributed by atoms with Crippen molar-refractivity contribution >= 4 is 27.5 Å². The highest BCUT2D eigenvalue weighted by atomic mass is 79.9. The second kappa shape index (κ2) is 4.33. The van der Waals surface area contributed by atoms with Gasteiger partial charge >= 0.3 is 6.18 Å². The van der Waals surface area contributed by atoms with Crippen LogP contribution in [-0.2, 0) is 11.0 Å². The highest BCUT2D eigenvalue weighted by molar-refractivity contribution is 9.10. The van der Waals surface area contributed by atoms with E-state index in [0.29, 0.717) is 25.1 Å². The molecule has 1 aliphatic rings. The molecule has 1 aromatic rings. The zero-order chi connectivity index (χ0) is 12.6. The van der Waals surface area contributed by atoms with Crippen LogP contribution in [-0.4, -0.2) is 12.5 Å². The van der Waals surface area contributed by atoms with Gasteiger partial charge in [-0.3, -0.25) is 4.79 Å². The fourth-order valence-electron chi connectivity index (χ4n) is 1.82. The Morgan fingerprint density at radius 2 is 2.00 bits per heavy atom. The summed E-state index contributed by atoms with van der Waals surface area (Å²) < 4.78 is 38.0. The molecule has 17 heavy (non-hydrogen) atoms. The number of benzene rings is 1. The summed E-state index contributed by atoms with van der Waals surface area (Å²) in [7, 11) is 0. The van der Waals surface area contributed by atoms with Gasteiger partial charge < -0.3 is 4.90 Å². The first-order chi connectivity index (χ1) is 7.89. The summed E-state index contributed by atoms with van der Waals surface area (Å²) in [4.78, 5) is 12.8. The molecule has 0 saturated carbocycles. The van der Waals surface area contributed by atoms with Crippen LogP contribution < -0.4 is 4.90 Å². The Kier molecular flexibility index (Phi) is 3.16. The molecule has 6 heteroatoms.